The summed E-state index contributed by atoms with van der Waals surface area (Å²) in [5.74, 6) is -0.216. The van der Waals surface area contributed by atoms with Gasteiger partial charge in [0.25, 0.3) is 5.91 Å². The van der Waals surface area contributed by atoms with E-state index < -0.39 is 5.60 Å². The van der Waals surface area contributed by atoms with Crippen molar-refractivity contribution < 1.29 is 9.90 Å². The second-order valence-electron chi connectivity index (χ2n) is 5.05. The van der Waals surface area contributed by atoms with Crippen LogP contribution in [0.1, 0.15) is 42.5 Å². The van der Waals surface area contributed by atoms with Crippen molar-refractivity contribution in [2.24, 2.45) is 0 Å². The highest BCUT2D eigenvalue weighted by atomic mass is 16.3. The highest BCUT2D eigenvalue weighted by Gasteiger charge is 2.29. The molecule has 1 amide bonds. The van der Waals surface area contributed by atoms with Crippen molar-refractivity contribution in [2.75, 3.05) is 12.3 Å². The van der Waals surface area contributed by atoms with Gasteiger partial charge in [0, 0.05) is 12.2 Å². The summed E-state index contributed by atoms with van der Waals surface area (Å²) in [4.78, 5) is 11.9. The number of benzene rings is 1. The Morgan fingerprint density at radius 3 is 2.61 bits per heavy atom. The van der Waals surface area contributed by atoms with E-state index in [0.29, 0.717) is 17.8 Å². The van der Waals surface area contributed by atoms with Gasteiger partial charge in [-0.05, 0) is 25.0 Å². The Labute approximate surface area is 107 Å². The van der Waals surface area contributed by atoms with Crippen LogP contribution in [0.2, 0.25) is 0 Å². The van der Waals surface area contributed by atoms with E-state index in [0.717, 1.165) is 25.7 Å². The second kappa shape index (κ2) is 5.40. The zero-order valence-electron chi connectivity index (χ0n) is 10.5. The molecule has 0 aromatic heterocycles. The molecule has 1 aliphatic carbocycles. The van der Waals surface area contributed by atoms with E-state index in [1.807, 2.05) is 0 Å². The minimum absolute atomic E-state index is 0.216. The molecule has 0 radical (unpaired) electrons. The highest BCUT2D eigenvalue weighted by molar-refractivity contribution is 5.99. The standard InChI is InChI=1S/C14H20N2O2/c15-12-7-3-2-6-11(12)13(17)16-10-14(18)8-4-1-5-9-14/h2-3,6-7,18H,1,4-5,8-10,15H2,(H,16,17). The third kappa shape index (κ3) is 3.01. The van der Waals surface area contributed by atoms with Crippen LogP contribution in [0.15, 0.2) is 24.3 Å². The van der Waals surface area contributed by atoms with E-state index >= 15 is 0 Å². The van der Waals surface area contributed by atoms with Gasteiger partial charge in [0.05, 0.1) is 11.2 Å². The molecule has 0 spiro atoms. The monoisotopic (exact) mass is 248 g/mol. The summed E-state index contributed by atoms with van der Waals surface area (Å²) in [5, 5.41) is 13.1. The molecule has 0 saturated heterocycles. The van der Waals surface area contributed by atoms with Gasteiger partial charge < -0.3 is 16.2 Å². The fourth-order valence-electron chi connectivity index (χ4n) is 2.43. The second-order valence-corrected chi connectivity index (χ2v) is 5.05. The zero-order valence-corrected chi connectivity index (χ0v) is 10.5. The maximum absolute atomic E-state index is 11.9. The molecule has 98 valence electrons. The minimum Gasteiger partial charge on any atom is -0.398 e. The van der Waals surface area contributed by atoms with Gasteiger partial charge >= 0.3 is 0 Å². The molecule has 1 aromatic rings. The van der Waals surface area contributed by atoms with Gasteiger partial charge in [-0.15, -0.1) is 0 Å². The zero-order chi connectivity index (χ0) is 13.0. The van der Waals surface area contributed by atoms with Crippen LogP contribution in [0.4, 0.5) is 5.69 Å². The predicted octanol–water partition coefficient (Wildman–Crippen LogP) is 1.69. The smallest absolute Gasteiger partial charge is 0.253 e. The number of hydrogen-bond donors (Lipinski definition) is 3. The van der Waals surface area contributed by atoms with E-state index in [-0.39, 0.29) is 5.91 Å². The number of para-hydroxylation sites is 1. The van der Waals surface area contributed by atoms with Crippen LogP contribution < -0.4 is 11.1 Å². The lowest BCUT2D eigenvalue weighted by Crippen LogP contribution is -2.44. The lowest BCUT2D eigenvalue weighted by molar-refractivity contribution is 0.00526. The average Bonchev–Trinajstić information content (AvgIpc) is 2.38. The summed E-state index contributed by atoms with van der Waals surface area (Å²) < 4.78 is 0. The maximum Gasteiger partial charge on any atom is 0.253 e. The Balaban J connectivity index is 1.94. The number of carbonyl (C=O) groups excluding carboxylic acids is 1. The SMILES string of the molecule is Nc1ccccc1C(=O)NCC1(O)CCCCC1. The first-order valence-electron chi connectivity index (χ1n) is 6.46. The van der Waals surface area contributed by atoms with Gasteiger partial charge in [-0.3, -0.25) is 4.79 Å². The fraction of sp³-hybridized carbons (Fsp3) is 0.500. The number of nitrogen functional groups attached to an aromatic ring is 1. The van der Waals surface area contributed by atoms with Gasteiger partial charge in [0.2, 0.25) is 0 Å². The van der Waals surface area contributed by atoms with E-state index in [4.69, 9.17) is 5.73 Å². The molecule has 4 nitrogen and oxygen atoms in total. The Kier molecular flexibility index (Phi) is 3.87. The molecule has 0 atom stereocenters. The lowest BCUT2D eigenvalue weighted by Gasteiger charge is -2.32. The van der Waals surface area contributed by atoms with Gasteiger partial charge in [-0.2, -0.15) is 0 Å². The number of amides is 1. The average molecular weight is 248 g/mol. The summed E-state index contributed by atoms with van der Waals surface area (Å²) in [6, 6.07) is 6.96. The van der Waals surface area contributed by atoms with Gasteiger partial charge in [-0.1, -0.05) is 31.4 Å². The summed E-state index contributed by atoms with van der Waals surface area (Å²) in [6.45, 7) is 0.306. The molecule has 0 unspecified atom stereocenters. The first-order chi connectivity index (χ1) is 8.61. The summed E-state index contributed by atoms with van der Waals surface area (Å²) in [6.07, 6.45) is 4.75. The number of carbonyl (C=O) groups is 1. The van der Waals surface area contributed by atoms with E-state index in [2.05, 4.69) is 5.32 Å². The predicted molar refractivity (Wildman–Crippen MR) is 71.2 cm³/mol. The Morgan fingerprint density at radius 1 is 1.28 bits per heavy atom. The molecule has 4 N–H and O–H groups in total. The van der Waals surface area contributed by atoms with E-state index in [1.54, 1.807) is 24.3 Å². The molecule has 1 aliphatic rings. The van der Waals surface area contributed by atoms with Crippen molar-refractivity contribution in [2.45, 2.75) is 37.7 Å². The normalized spacial score (nSPS) is 18.3. The van der Waals surface area contributed by atoms with Gasteiger partial charge in [-0.25, -0.2) is 0 Å². The number of anilines is 1. The summed E-state index contributed by atoms with van der Waals surface area (Å²) in [7, 11) is 0. The number of nitrogens with one attached hydrogen (secondary N) is 1. The van der Waals surface area contributed by atoms with Crippen LogP contribution >= 0.6 is 0 Å². The van der Waals surface area contributed by atoms with Crippen LogP contribution in [-0.4, -0.2) is 23.2 Å². The summed E-state index contributed by atoms with van der Waals surface area (Å²) >= 11 is 0. The first kappa shape index (κ1) is 12.9. The van der Waals surface area contributed by atoms with Crippen LogP contribution in [0, 0.1) is 0 Å². The van der Waals surface area contributed by atoms with E-state index in [9.17, 15) is 9.90 Å². The Hall–Kier alpha value is -1.55. The van der Waals surface area contributed by atoms with Crippen molar-refractivity contribution >= 4 is 11.6 Å². The quantitative estimate of drug-likeness (QED) is 0.713. The Morgan fingerprint density at radius 2 is 1.94 bits per heavy atom. The summed E-state index contributed by atoms with van der Waals surface area (Å²) in [5.41, 5.74) is 5.93. The third-order valence-corrected chi connectivity index (χ3v) is 3.57. The molecular weight excluding hydrogens is 228 g/mol. The molecular formula is C14H20N2O2. The molecule has 2 rings (SSSR count). The number of nitrogens with two attached hydrogens (primary N) is 1. The van der Waals surface area contributed by atoms with E-state index in [1.165, 1.54) is 6.42 Å². The van der Waals surface area contributed by atoms with Crippen LogP contribution in [0.3, 0.4) is 0 Å². The molecule has 1 aromatic carbocycles. The van der Waals surface area contributed by atoms with Crippen molar-refractivity contribution in [3.8, 4) is 0 Å². The molecule has 0 aliphatic heterocycles. The van der Waals surface area contributed by atoms with Crippen LogP contribution in [-0.2, 0) is 0 Å². The van der Waals surface area contributed by atoms with Crippen LogP contribution in [0.25, 0.3) is 0 Å². The molecule has 1 saturated carbocycles. The van der Waals surface area contributed by atoms with Crippen molar-refractivity contribution in [1.82, 2.24) is 5.32 Å². The molecule has 18 heavy (non-hydrogen) atoms. The van der Waals surface area contributed by atoms with Gasteiger partial charge in [0.15, 0.2) is 0 Å². The largest absolute Gasteiger partial charge is 0.398 e. The Bertz CT molecular complexity index is 426. The number of hydrogen-bond acceptors (Lipinski definition) is 3. The minimum atomic E-state index is -0.739. The lowest BCUT2D eigenvalue weighted by atomic mass is 9.85. The number of rotatable bonds is 3. The maximum atomic E-state index is 11.9. The third-order valence-electron chi connectivity index (χ3n) is 3.57. The van der Waals surface area contributed by atoms with Gasteiger partial charge in [0.1, 0.15) is 0 Å². The molecule has 0 bridgehead atoms. The molecule has 4 heteroatoms. The highest BCUT2D eigenvalue weighted by Crippen LogP contribution is 2.27. The topological polar surface area (TPSA) is 75.4 Å². The first-order valence-corrected chi connectivity index (χ1v) is 6.46. The fourth-order valence-corrected chi connectivity index (χ4v) is 2.43. The molecule has 1 fully saturated rings. The van der Waals surface area contributed by atoms with Crippen molar-refractivity contribution in [3.63, 3.8) is 0 Å². The molecule has 0 heterocycles. The van der Waals surface area contributed by atoms with Crippen LogP contribution in [0.5, 0.6) is 0 Å². The van der Waals surface area contributed by atoms with Crippen molar-refractivity contribution in [3.05, 3.63) is 29.8 Å². The number of aliphatic hydroxyl groups is 1. The van der Waals surface area contributed by atoms with Crippen molar-refractivity contribution in [1.29, 1.82) is 0 Å².